The fraction of sp³-hybridized carbons (Fsp3) is 0.833. The standard InChI is InChI=1S/C12H22N2O3/c1-8(2)6-10(13)11(15)14-5-3-4-9(7-14)12(16)17/h8-10H,3-7,13H2,1-2H3,(H,16,17)/t9-,10+/m0/s1. The smallest absolute Gasteiger partial charge is 0.308 e. The molecule has 2 atom stereocenters. The first-order valence-corrected chi connectivity index (χ1v) is 6.19. The van der Waals surface area contributed by atoms with Gasteiger partial charge in [-0.05, 0) is 25.2 Å². The highest BCUT2D eigenvalue weighted by molar-refractivity contribution is 5.82. The van der Waals surface area contributed by atoms with Gasteiger partial charge in [0.1, 0.15) is 0 Å². The molecule has 1 aliphatic rings. The average Bonchev–Trinajstić information content (AvgIpc) is 2.27. The van der Waals surface area contributed by atoms with Crippen molar-refractivity contribution in [2.24, 2.45) is 17.6 Å². The molecule has 1 amide bonds. The van der Waals surface area contributed by atoms with Gasteiger partial charge in [0.15, 0.2) is 0 Å². The van der Waals surface area contributed by atoms with Crippen molar-refractivity contribution in [1.29, 1.82) is 0 Å². The van der Waals surface area contributed by atoms with Crippen molar-refractivity contribution in [2.45, 2.75) is 39.2 Å². The van der Waals surface area contributed by atoms with E-state index in [2.05, 4.69) is 0 Å². The number of rotatable bonds is 4. The third-order valence-electron chi connectivity index (χ3n) is 3.12. The van der Waals surface area contributed by atoms with Gasteiger partial charge >= 0.3 is 5.97 Å². The summed E-state index contributed by atoms with van der Waals surface area (Å²) in [5, 5.41) is 8.95. The Morgan fingerprint density at radius 2 is 2.12 bits per heavy atom. The van der Waals surface area contributed by atoms with E-state index in [0.29, 0.717) is 31.8 Å². The number of nitrogens with two attached hydrogens (primary N) is 1. The summed E-state index contributed by atoms with van der Waals surface area (Å²) in [5.41, 5.74) is 5.83. The molecule has 5 heteroatoms. The van der Waals surface area contributed by atoms with Crippen LogP contribution < -0.4 is 5.73 Å². The van der Waals surface area contributed by atoms with Crippen LogP contribution in [0.4, 0.5) is 0 Å². The molecule has 1 saturated heterocycles. The number of nitrogens with zero attached hydrogens (tertiary/aromatic N) is 1. The van der Waals surface area contributed by atoms with Crippen LogP contribution in [0.15, 0.2) is 0 Å². The zero-order valence-corrected chi connectivity index (χ0v) is 10.6. The summed E-state index contributed by atoms with van der Waals surface area (Å²) in [6, 6.07) is -0.498. The SMILES string of the molecule is CC(C)C[C@@H](N)C(=O)N1CCC[C@H](C(=O)O)C1. The lowest BCUT2D eigenvalue weighted by Crippen LogP contribution is -2.49. The summed E-state index contributed by atoms with van der Waals surface area (Å²) in [6.45, 7) is 4.97. The fourth-order valence-electron chi connectivity index (χ4n) is 2.22. The van der Waals surface area contributed by atoms with Crippen LogP contribution in [0.1, 0.15) is 33.1 Å². The molecule has 17 heavy (non-hydrogen) atoms. The van der Waals surface area contributed by atoms with E-state index in [1.807, 2.05) is 13.8 Å². The van der Waals surface area contributed by atoms with Gasteiger partial charge in [0, 0.05) is 13.1 Å². The lowest BCUT2D eigenvalue weighted by molar-refractivity contribution is -0.146. The van der Waals surface area contributed by atoms with Crippen molar-refractivity contribution in [3.63, 3.8) is 0 Å². The van der Waals surface area contributed by atoms with Crippen molar-refractivity contribution >= 4 is 11.9 Å². The van der Waals surface area contributed by atoms with Crippen LogP contribution in [0.2, 0.25) is 0 Å². The largest absolute Gasteiger partial charge is 0.481 e. The van der Waals surface area contributed by atoms with Gasteiger partial charge in [-0.1, -0.05) is 13.8 Å². The van der Waals surface area contributed by atoms with Gasteiger partial charge in [0.05, 0.1) is 12.0 Å². The van der Waals surface area contributed by atoms with Gasteiger partial charge in [-0.3, -0.25) is 9.59 Å². The monoisotopic (exact) mass is 242 g/mol. The molecule has 0 aromatic carbocycles. The minimum absolute atomic E-state index is 0.107. The number of carboxylic acid groups (broad SMARTS) is 1. The molecule has 5 nitrogen and oxygen atoms in total. The minimum Gasteiger partial charge on any atom is -0.481 e. The number of hydrogen-bond donors (Lipinski definition) is 2. The first kappa shape index (κ1) is 14.0. The Kier molecular flexibility index (Phi) is 4.93. The summed E-state index contributed by atoms with van der Waals surface area (Å²) in [7, 11) is 0. The predicted octanol–water partition coefficient (Wildman–Crippen LogP) is 0.683. The maximum absolute atomic E-state index is 12.0. The molecule has 0 aromatic rings. The highest BCUT2D eigenvalue weighted by atomic mass is 16.4. The molecule has 0 unspecified atom stereocenters. The predicted molar refractivity (Wildman–Crippen MR) is 64.4 cm³/mol. The van der Waals surface area contributed by atoms with Crippen molar-refractivity contribution < 1.29 is 14.7 Å². The number of carbonyl (C=O) groups excluding carboxylic acids is 1. The number of amides is 1. The Bertz CT molecular complexity index is 291. The lowest BCUT2D eigenvalue weighted by atomic mass is 9.96. The quantitative estimate of drug-likeness (QED) is 0.759. The summed E-state index contributed by atoms with van der Waals surface area (Å²) < 4.78 is 0. The topological polar surface area (TPSA) is 83.6 Å². The number of likely N-dealkylation sites (tertiary alicyclic amines) is 1. The third kappa shape index (κ3) is 4.00. The zero-order valence-electron chi connectivity index (χ0n) is 10.6. The summed E-state index contributed by atoms with van der Waals surface area (Å²) >= 11 is 0. The second-order valence-electron chi connectivity index (χ2n) is 5.20. The van der Waals surface area contributed by atoms with E-state index in [4.69, 9.17) is 10.8 Å². The van der Waals surface area contributed by atoms with Crippen LogP contribution in [0.25, 0.3) is 0 Å². The Morgan fingerprint density at radius 1 is 1.47 bits per heavy atom. The summed E-state index contributed by atoms with van der Waals surface area (Å²) in [6.07, 6.45) is 2.04. The Labute approximate surface area is 102 Å². The highest BCUT2D eigenvalue weighted by Crippen LogP contribution is 2.18. The maximum atomic E-state index is 12.0. The Balaban J connectivity index is 2.54. The molecule has 0 spiro atoms. The first-order valence-electron chi connectivity index (χ1n) is 6.19. The normalized spacial score (nSPS) is 22.6. The average molecular weight is 242 g/mol. The van der Waals surface area contributed by atoms with Gasteiger partial charge < -0.3 is 15.7 Å². The summed E-state index contributed by atoms with van der Waals surface area (Å²) in [5.74, 6) is -0.988. The molecule has 1 fully saturated rings. The Morgan fingerprint density at radius 3 is 2.65 bits per heavy atom. The van der Waals surface area contributed by atoms with Gasteiger partial charge in [-0.15, -0.1) is 0 Å². The van der Waals surface area contributed by atoms with Crippen LogP contribution in [0.5, 0.6) is 0 Å². The number of hydrogen-bond acceptors (Lipinski definition) is 3. The molecule has 3 N–H and O–H groups in total. The van der Waals surface area contributed by atoms with Crippen molar-refractivity contribution in [1.82, 2.24) is 4.90 Å². The molecule has 0 aromatic heterocycles. The van der Waals surface area contributed by atoms with Gasteiger partial charge in [0.25, 0.3) is 0 Å². The first-order chi connectivity index (χ1) is 7.91. The summed E-state index contributed by atoms with van der Waals surface area (Å²) in [4.78, 5) is 24.5. The minimum atomic E-state index is -0.820. The van der Waals surface area contributed by atoms with Crippen LogP contribution in [-0.4, -0.2) is 41.0 Å². The molecule has 0 saturated carbocycles. The molecular weight excluding hydrogens is 220 g/mol. The molecule has 1 heterocycles. The van der Waals surface area contributed by atoms with Crippen LogP contribution in [0.3, 0.4) is 0 Å². The molecule has 0 bridgehead atoms. The van der Waals surface area contributed by atoms with Gasteiger partial charge in [-0.2, -0.15) is 0 Å². The number of piperidine rings is 1. The lowest BCUT2D eigenvalue weighted by Gasteiger charge is -2.32. The zero-order chi connectivity index (χ0) is 13.0. The molecule has 98 valence electrons. The van der Waals surface area contributed by atoms with E-state index >= 15 is 0 Å². The van der Waals surface area contributed by atoms with Crippen LogP contribution >= 0.6 is 0 Å². The second kappa shape index (κ2) is 6.00. The molecular formula is C12H22N2O3. The molecule has 1 rings (SSSR count). The number of carbonyl (C=O) groups is 2. The van der Waals surface area contributed by atoms with E-state index in [-0.39, 0.29) is 5.91 Å². The highest BCUT2D eigenvalue weighted by Gasteiger charge is 2.30. The van der Waals surface area contributed by atoms with Crippen LogP contribution in [0, 0.1) is 11.8 Å². The van der Waals surface area contributed by atoms with Crippen LogP contribution in [-0.2, 0) is 9.59 Å². The maximum Gasteiger partial charge on any atom is 0.308 e. The Hall–Kier alpha value is -1.10. The fourth-order valence-corrected chi connectivity index (χ4v) is 2.22. The van der Waals surface area contributed by atoms with E-state index in [0.717, 1.165) is 6.42 Å². The van der Waals surface area contributed by atoms with Gasteiger partial charge in [0.2, 0.25) is 5.91 Å². The second-order valence-corrected chi connectivity index (χ2v) is 5.20. The number of aliphatic carboxylic acids is 1. The van der Waals surface area contributed by atoms with Crippen molar-refractivity contribution in [2.75, 3.05) is 13.1 Å². The number of carboxylic acids is 1. The third-order valence-corrected chi connectivity index (χ3v) is 3.12. The van der Waals surface area contributed by atoms with E-state index in [1.165, 1.54) is 0 Å². The molecule has 0 aliphatic carbocycles. The van der Waals surface area contributed by atoms with Crippen molar-refractivity contribution in [3.8, 4) is 0 Å². The van der Waals surface area contributed by atoms with Crippen molar-refractivity contribution in [3.05, 3.63) is 0 Å². The van der Waals surface area contributed by atoms with E-state index < -0.39 is 17.9 Å². The van der Waals surface area contributed by atoms with E-state index in [9.17, 15) is 9.59 Å². The molecule has 0 radical (unpaired) electrons. The van der Waals surface area contributed by atoms with E-state index in [1.54, 1.807) is 4.90 Å². The van der Waals surface area contributed by atoms with Gasteiger partial charge in [-0.25, -0.2) is 0 Å². The molecule has 1 aliphatic heterocycles.